The van der Waals surface area contributed by atoms with Crippen LogP contribution in [0.1, 0.15) is 16.7 Å². The molecule has 0 aliphatic heterocycles. The summed E-state index contributed by atoms with van der Waals surface area (Å²) in [6.07, 6.45) is 0. The number of halogens is 1. The predicted octanol–water partition coefficient (Wildman–Crippen LogP) is 4.54. The molecule has 0 saturated heterocycles. The Morgan fingerprint density at radius 3 is 2.53 bits per heavy atom. The fraction of sp³-hybridized carbons (Fsp3) is 0.250. The van der Waals surface area contributed by atoms with Crippen LogP contribution in [0.3, 0.4) is 0 Å². The lowest BCUT2D eigenvalue weighted by atomic mass is 10.1. The van der Waals surface area contributed by atoms with Crippen LogP contribution in [0, 0.1) is 13.8 Å². The van der Waals surface area contributed by atoms with Gasteiger partial charge in [0.05, 0.1) is 7.11 Å². The van der Waals surface area contributed by atoms with Crippen LogP contribution in [0.15, 0.2) is 36.4 Å². The van der Waals surface area contributed by atoms with Gasteiger partial charge in [0.2, 0.25) is 0 Å². The zero-order valence-corrected chi connectivity index (χ0v) is 12.1. The van der Waals surface area contributed by atoms with Crippen molar-refractivity contribution in [3.05, 3.63) is 58.1 Å². The van der Waals surface area contributed by atoms with E-state index >= 15 is 0 Å². The zero-order valence-electron chi connectivity index (χ0n) is 11.4. The third kappa shape index (κ3) is 3.42. The lowest BCUT2D eigenvalue weighted by Gasteiger charge is -2.12. The van der Waals surface area contributed by atoms with E-state index in [4.69, 9.17) is 21.1 Å². The molecule has 100 valence electrons. The van der Waals surface area contributed by atoms with E-state index in [1.165, 1.54) is 5.56 Å². The van der Waals surface area contributed by atoms with E-state index in [0.29, 0.717) is 11.6 Å². The molecule has 3 heteroatoms. The van der Waals surface area contributed by atoms with Crippen LogP contribution in [0.25, 0.3) is 0 Å². The van der Waals surface area contributed by atoms with Gasteiger partial charge in [-0.1, -0.05) is 23.7 Å². The van der Waals surface area contributed by atoms with Gasteiger partial charge in [0.15, 0.2) is 0 Å². The van der Waals surface area contributed by atoms with Crippen LogP contribution >= 0.6 is 11.6 Å². The van der Waals surface area contributed by atoms with E-state index in [0.717, 1.165) is 22.6 Å². The highest BCUT2D eigenvalue weighted by Gasteiger charge is 2.06. The van der Waals surface area contributed by atoms with E-state index in [1.54, 1.807) is 7.11 Å². The number of hydrogen-bond acceptors (Lipinski definition) is 2. The van der Waals surface area contributed by atoms with Crippen LogP contribution in [-0.4, -0.2) is 7.11 Å². The molecule has 0 bridgehead atoms. The van der Waals surface area contributed by atoms with Crippen LogP contribution in [0.2, 0.25) is 5.02 Å². The smallest absolute Gasteiger partial charge is 0.125 e. The molecule has 2 nitrogen and oxygen atoms in total. The van der Waals surface area contributed by atoms with Gasteiger partial charge in [0, 0.05) is 10.6 Å². The molecule has 2 rings (SSSR count). The third-order valence-corrected chi connectivity index (χ3v) is 3.20. The molecule has 0 unspecified atom stereocenters. The van der Waals surface area contributed by atoms with Gasteiger partial charge in [-0.25, -0.2) is 0 Å². The maximum Gasteiger partial charge on any atom is 0.125 e. The van der Waals surface area contributed by atoms with Crippen molar-refractivity contribution in [3.63, 3.8) is 0 Å². The standard InChI is InChI=1S/C16H17ClO2/c1-11-4-5-12(2)16(8-11)19-10-13-9-14(17)6-7-15(13)18-3/h4-9H,10H2,1-3H3. The Balaban J connectivity index is 2.18. The summed E-state index contributed by atoms with van der Waals surface area (Å²) in [4.78, 5) is 0. The maximum atomic E-state index is 6.00. The minimum absolute atomic E-state index is 0.439. The van der Waals surface area contributed by atoms with E-state index < -0.39 is 0 Å². The maximum absolute atomic E-state index is 6.00. The fourth-order valence-electron chi connectivity index (χ4n) is 1.88. The molecule has 0 spiro atoms. The molecule has 19 heavy (non-hydrogen) atoms. The minimum atomic E-state index is 0.439. The van der Waals surface area contributed by atoms with Gasteiger partial charge in [-0.3, -0.25) is 0 Å². The van der Waals surface area contributed by atoms with Gasteiger partial charge < -0.3 is 9.47 Å². The highest BCUT2D eigenvalue weighted by Crippen LogP contribution is 2.26. The summed E-state index contributed by atoms with van der Waals surface area (Å²) >= 11 is 6.00. The van der Waals surface area contributed by atoms with Crippen molar-refractivity contribution in [2.45, 2.75) is 20.5 Å². The average Bonchev–Trinajstić information content (AvgIpc) is 2.40. The van der Waals surface area contributed by atoms with Crippen molar-refractivity contribution in [2.75, 3.05) is 7.11 Å². The van der Waals surface area contributed by atoms with Gasteiger partial charge in [-0.15, -0.1) is 0 Å². The van der Waals surface area contributed by atoms with Gasteiger partial charge in [-0.05, 0) is 49.2 Å². The second kappa shape index (κ2) is 5.98. The molecule has 2 aromatic rings. The summed E-state index contributed by atoms with van der Waals surface area (Å²) in [6, 6.07) is 11.7. The van der Waals surface area contributed by atoms with Crippen LogP contribution < -0.4 is 9.47 Å². The molecule has 0 aliphatic carbocycles. The summed E-state index contributed by atoms with van der Waals surface area (Å²) in [7, 11) is 1.64. The molecule has 0 atom stereocenters. The number of rotatable bonds is 4. The molecule has 0 fully saturated rings. The first-order valence-corrected chi connectivity index (χ1v) is 6.50. The zero-order chi connectivity index (χ0) is 13.8. The highest BCUT2D eigenvalue weighted by molar-refractivity contribution is 6.30. The predicted molar refractivity (Wildman–Crippen MR) is 78.3 cm³/mol. The molecule has 0 aliphatic rings. The first-order valence-electron chi connectivity index (χ1n) is 6.12. The summed E-state index contributed by atoms with van der Waals surface area (Å²) in [5.41, 5.74) is 3.24. The van der Waals surface area contributed by atoms with Crippen molar-refractivity contribution in [2.24, 2.45) is 0 Å². The molecular weight excluding hydrogens is 260 g/mol. The number of benzene rings is 2. The Kier molecular flexibility index (Phi) is 4.33. The molecular formula is C16H17ClO2. The molecule has 0 aromatic heterocycles. The Hall–Kier alpha value is -1.67. The topological polar surface area (TPSA) is 18.5 Å². The summed E-state index contributed by atoms with van der Waals surface area (Å²) in [5, 5.41) is 0.681. The van der Waals surface area contributed by atoms with Crippen molar-refractivity contribution in [3.8, 4) is 11.5 Å². The molecule has 0 radical (unpaired) electrons. The Labute approximate surface area is 118 Å². The Morgan fingerprint density at radius 2 is 1.79 bits per heavy atom. The first kappa shape index (κ1) is 13.8. The van der Waals surface area contributed by atoms with Gasteiger partial charge >= 0.3 is 0 Å². The molecule has 2 aromatic carbocycles. The minimum Gasteiger partial charge on any atom is -0.496 e. The largest absolute Gasteiger partial charge is 0.496 e. The van der Waals surface area contributed by atoms with Crippen LogP contribution in [-0.2, 0) is 6.61 Å². The average molecular weight is 277 g/mol. The second-order valence-corrected chi connectivity index (χ2v) is 4.95. The fourth-order valence-corrected chi connectivity index (χ4v) is 2.07. The van der Waals surface area contributed by atoms with E-state index in [2.05, 4.69) is 12.1 Å². The van der Waals surface area contributed by atoms with E-state index in [9.17, 15) is 0 Å². The first-order chi connectivity index (χ1) is 9.10. The summed E-state index contributed by atoms with van der Waals surface area (Å²) < 4.78 is 11.2. The van der Waals surface area contributed by atoms with Gasteiger partial charge in [-0.2, -0.15) is 0 Å². The number of ether oxygens (including phenoxy) is 2. The summed E-state index contributed by atoms with van der Waals surface area (Å²) in [5.74, 6) is 1.68. The van der Waals surface area contributed by atoms with Crippen molar-refractivity contribution >= 4 is 11.6 Å². The van der Waals surface area contributed by atoms with Crippen LogP contribution in [0.5, 0.6) is 11.5 Å². The van der Waals surface area contributed by atoms with Crippen LogP contribution in [0.4, 0.5) is 0 Å². The SMILES string of the molecule is COc1ccc(Cl)cc1COc1cc(C)ccc1C. The highest BCUT2D eigenvalue weighted by atomic mass is 35.5. The molecule has 0 N–H and O–H groups in total. The lowest BCUT2D eigenvalue weighted by Crippen LogP contribution is -2.00. The quantitative estimate of drug-likeness (QED) is 0.816. The van der Waals surface area contributed by atoms with Gasteiger partial charge in [0.1, 0.15) is 18.1 Å². The second-order valence-electron chi connectivity index (χ2n) is 4.51. The lowest BCUT2D eigenvalue weighted by molar-refractivity contribution is 0.294. The van der Waals surface area contributed by atoms with E-state index in [1.807, 2.05) is 38.1 Å². The monoisotopic (exact) mass is 276 g/mol. The molecule has 0 heterocycles. The number of aryl methyl sites for hydroxylation is 2. The van der Waals surface area contributed by atoms with Crippen molar-refractivity contribution in [1.29, 1.82) is 0 Å². The number of methoxy groups -OCH3 is 1. The van der Waals surface area contributed by atoms with E-state index in [-0.39, 0.29) is 0 Å². The number of hydrogen-bond donors (Lipinski definition) is 0. The van der Waals surface area contributed by atoms with Crippen molar-refractivity contribution in [1.82, 2.24) is 0 Å². The Morgan fingerprint density at radius 1 is 1.00 bits per heavy atom. The van der Waals surface area contributed by atoms with Crippen molar-refractivity contribution < 1.29 is 9.47 Å². The third-order valence-electron chi connectivity index (χ3n) is 2.97. The molecule has 0 amide bonds. The Bertz CT molecular complexity index is 579. The summed E-state index contributed by atoms with van der Waals surface area (Å²) in [6.45, 7) is 4.52. The van der Waals surface area contributed by atoms with Gasteiger partial charge in [0.25, 0.3) is 0 Å². The molecule has 0 saturated carbocycles. The normalized spacial score (nSPS) is 10.3.